The fourth-order valence-corrected chi connectivity index (χ4v) is 3.64. The van der Waals surface area contributed by atoms with Gasteiger partial charge in [0, 0.05) is 44.3 Å². The second-order valence-electron chi connectivity index (χ2n) is 7.14. The lowest BCUT2D eigenvalue weighted by Gasteiger charge is -2.35. The van der Waals surface area contributed by atoms with E-state index >= 15 is 0 Å². The van der Waals surface area contributed by atoms with Crippen molar-refractivity contribution in [1.82, 2.24) is 14.5 Å². The average Bonchev–Trinajstić information content (AvgIpc) is 3.24. The zero-order valence-corrected chi connectivity index (χ0v) is 18.1. The van der Waals surface area contributed by atoms with Crippen molar-refractivity contribution in [2.45, 2.75) is 13.8 Å². The highest BCUT2D eigenvalue weighted by Gasteiger charge is 2.26. The molecule has 0 aliphatic carbocycles. The summed E-state index contributed by atoms with van der Waals surface area (Å²) < 4.78 is 7.73. The molecule has 2 heterocycles. The van der Waals surface area contributed by atoms with E-state index in [1.54, 1.807) is 0 Å². The quantitative estimate of drug-likeness (QED) is 0.619. The van der Waals surface area contributed by atoms with Crippen LogP contribution in [0, 0.1) is 6.92 Å². The van der Waals surface area contributed by atoms with Crippen molar-refractivity contribution in [2.75, 3.05) is 37.7 Å². The van der Waals surface area contributed by atoms with Gasteiger partial charge in [0.1, 0.15) is 5.75 Å². The summed E-state index contributed by atoms with van der Waals surface area (Å²) in [4.78, 5) is 21.7. The molecule has 2 aromatic carbocycles. The first-order valence-electron chi connectivity index (χ1n) is 10.0. The molecule has 6 nitrogen and oxygen atoms in total. The number of anilines is 1. The van der Waals surface area contributed by atoms with E-state index in [1.165, 1.54) is 5.56 Å². The molecule has 0 unspecified atom stereocenters. The van der Waals surface area contributed by atoms with Gasteiger partial charge in [0.25, 0.3) is 5.91 Å². The van der Waals surface area contributed by atoms with E-state index in [0.717, 1.165) is 24.7 Å². The van der Waals surface area contributed by atoms with Gasteiger partial charge in [-0.2, -0.15) is 0 Å². The molecule has 1 aromatic heterocycles. The maximum atomic E-state index is 13.0. The highest BCUT2D eigenvalue weighted by atomic mass is 35.5. The minimum atomic E-state index is 0. The van der Waals surface area contributed by atoms with E-state index in [2.05, 4.69) is 45.6 Å². The molecular formula is C23H27ClN4O2. The molecule has 7 heteroatoms. The van der Waals surface area contributed by atoms with Gasteiger partial charge < -0.3 is 14.5 Å². The number of carbonyl (C=O) groups excluding carboxylic acids is 1. The molecular weight excluding hydrogens is 400 g/mol. The first-order valence-corrected chi connectivity index (χ1v) is 10.0. The van der Waals surface area contributed by atoms with E-state index in [0.29, 0.717) is 31.0 Å². The van der Waals surface area contributed by atoms with E-state index in [4.69, 9.17) is 4.74 Å². The molecule has 158 valence electrons. The molecule has 3 aromatic rings. The number of nitrogens with zero attached hydrogens (tertiary/aromatic N) is 4. The van der Waals surface area contributed by atoms with Gasteiger partial charge in [0.15, 0.2) is 0 Å². The highest BCUT2D eigenvalue weighted by Crippen LogP contribution is 2.23. The maximum Gasteiger partial charge on any atom is 0.257 e. The lowest BCUT2D eigenvalue weighted by molar-refractivity contribution is 0.0742. The number of carbonyl (C=O) groups is 1. The standard InChI is InChI=1S/C23H26N4O2.ClH/c1-3-29-21-7-5-4-6-20(21)22(28)25-14-16-26(17-15-25)23-24-12-13-27(23)19-10-8-18(2)9-11-19;/h4-13H,3,14-17H2,1-2H3;1H. The third-order valence-corrected chi connectivity index (χ3v) is 5.20. The van der Waals surface area contributed by atoms with Crippen LogP contribution >= 0.6 is 12.4 Å². The third kappa shape index (κ3) is 4.44. The number of aromatic nitrogens is 2. The molecule has 0 atom stereocenters. The Bertz CT molecular complexity index is 979. The first-order chi connectivity index (χ1) is 14.2. The van der Waals surface area contributed by atoms with Crippen LogP contribution in [-0.2, 0) is 0 Å². The van der Waals surface area contributed by atoms with Crippen molar-refractivity contribution in [1.29, 1.82) is 0 Å². The lowest BCUT2D eigenvalue weighted by atomic mass is 10.1. The number of hydrogen-bond donors (Lipinski definition) is 0. The number of rotatable bonds is 5. The fourth-order valence-electron chi connectivity index (χ4n) is 3.64. The summed E-state index contributed by atoms with van der Waals surface area (Å²) in [5.41, 5.74) is 2.95. The van der Waals surface area contributed by atoms with Crippen LogP contribution in [0.15, 0.2) is 60.9 Å². The monoisotopic (exact) mass is 426 g/mol. The topological polar surface area (TPSA) is 50.6 Å². The van der Waals surface area contributed by atoms with E-state index < -0.39 is 0 Å². The number of piperazine rings is 1. The number of imidazole rings is 1. The van der Waals surface area contributed by atoms with Crippen molar-refractivity contribution >= 4 is 24.3 Å². The van der Waals surface area contributed by atoms with E-state index in [1.807, 2.05) is 48.5 Å². The second kappa shape index (κ2) is 9.67. The molecule has 0 radical (unpaired) electrons. The summed E-state index contributed by atoms with van der Waals surface area (Å²) in [5.74, 6) is 1.59. The van der Waals surface area contributed by atoms with Crippen LogP contribution < -0.4 is 9.64 Å². The predicted molar refractivity (Wildman–Crippen MR) is 121 cm³/mol. The molecule has 1 aliphatic rings. The Morgan fingerprint density at radius 1 is 1.03 bits per heavy atom. The summed E-state index contributed by atoms with van der Waals surface area (Å²) in [5, 5.41) is 0. The third-order valence-electron chi connectivity index (χ3n) is 5.20. The van der Waals surface area contributed by atoms with E-state index in [9.17, 15) is 4.79 Å². The minimum absolute atomic E-state index is 0. The molecule has 1 amide bonds. The Labute approximate surface area is 183 Å². The zero-order valence-electron chi connectivity index (χ0n) is 17.3. The Morgan fingerprint density at radius 3 is 2.43 bits per heavy atom. The van der Waals surface area contributed by atoms with Crippen molar-refractivity contribution in [3.8, 4) is 11.4 Å². The molecule has 30 heavy (non-hydrogen) atoms. The molecule has 4 rings (SSSR count). The van der Waals surface area contributed by atoms with Gasteiger partial charge >= 0.3 is 0 Å². The normalized spacial score (nSPS) is 13.7. The van der Waals surface area contributed by atoms with Crippen LogP contribution in [0.3, 0.4) is 0 Å². The molecule has 0 N–H and O–H groups in total. The molecule has 1 saturated heterocycles. The van der Waals surface area contributed by atoms with Crippen LogP contribution in [0.4, 0.5) is 5.95 Å². The van der Waals surface area contributed by atoms with Crippen LogP contribution in [0.25, 0.3) is 5.69 Å². The number of ether oxygens (including phenoxy) is 1. The fraction of sp³-hybridized carbons (Fsp3) is 0.304. The number of para-hydroxylation sites is 1. The SMILES string of the molecule is CCOc1ccccc1C(=O)N1CCN(c2nccn2-c2ccc(C)cc2)CC1.Cl. The number of amides is 1. The zero-order chi connectivity index (χ0) is 20.2. The lowest BCUT2D eigenvalue weighted by Crippen LogP contribution is -2.49. The Morgan fingerprint density at radius 2 is 1.73 bits per heavy atom. The smallest absolute Gasteiger partial charge is 0.257 e. The molecule has 0 bridgehead atoms. The van der Waals surface area contributed by atoms with Gasteiger partial charge in [0.05, 0.1) is 12.2 Å². The van der Waals surface area contributed by atoms with Crippen LogP contribution in [-0.4, -0.2) is 53.1 Å². The minimum Gasteiger partial charge on any atom is -0.493 e. The van der Waals surface area contributed by atoms with Gasteiger partial charge in [-0.1, -0.05) is 29.8 Å². The Kier molecular flexibility index (Phi) is 7.00. The van der Waals surface area contributed by atoms with Crippen LogP contribution in [0.1, 0.15) is 22.8 Å². The first kappa shape index (κ1) is 21.7. The van der Waals surface area contributed by atoms with Crippen molar-refractivity contribution in [3.63, 3.8) is 0 Å². The maximum absolute atomic E-state index is 13.0. The number of aryl methyl sites for hydroxylation is 1. The second-order valence-corrected chi connectivity index (χ2v) is 7.14. The Hall–Kier alpha value is -2.99. The van der Waals surface area contributed by atoms with Gasteiger partial charge in [-0.05, 0) is 38.1 Å². The van der Waals surface area contributed by atoms with Crippen LogP contribution in [0.2, 0.25) is 0 Å². The van der Waals surface area contributed by atoms with Crippen molar-refractivity contribution in [2.24, 2.45) is 0 Å². The molecule has 1 fully saturated rings. The molecule has 1 aliphatic heterocycles. The number of halogens is 1. The summed E-state index contributed by atoms with van der Waals surface area (Å²) in [6, 6.07) is 15.9. The van der Waals surface area contributed by atoms with Gasteiger partial charge in [-0.15, -0.1) is 12.4 Å². The number of hydrogen-bond acceptors (Lipinski definition) is 4. The van der Waals surface area contributed by atoms with Crippen molar-refractivity contribution in [3.05, 3.63) is 72.1 Å². The molecule has 0 saturated carbocycles. The van der Waals surface area contributed by atoms with Crippen molar-refractivity contribution < 1.29 is 9.53 Å². The molecule has 0 spiro atoms. The van der Waals surface area contributed by atoms with Gasteiger partial charge in [-0.3, -0.25) is 9.36 Å². The largest absolute Gasteiger partial charge is 0.493 e. The highest BCUT2D eigenvalue weighted by molar-refractivity contribution is 5.97. The summed E-state index contributed by atoms with van der Waals surface area (Å²) in [7, 11) is 0. The summed E-state index contributed by atoms with van der Waals surface area (Å²) in [6.45, 7) is 7.34. The predicted octanol–water partition coefficient (Wildman–Crippen LogP) is 3.96. The summed E-state index contributed by atoms with van der Waals surface area (Å²) >= 11 is 0. The summed E-state index contributed by atoms with van der Waals surface area (Å²) in [6.07, 6.45) is 3.81. The van der Waals surface area contributed by atoms with Gasteiger partial charge in [-0.25, -0.2) is 4.98 Å². The Balaban J connectivity index is 0.00000256. The average molecular weight is 427 g/mol. The number of benzene rings is 2. The van der Waals surface area contributed by atoms with E-state index in [-0.39, 0.29) is 18.3 Å². The van der Waals surface area contributed by atoms with Gasteiger partial charge in [0.2, 0.25) is 5.95 Å². The van der Waals surface area contributed by atoms with Crippen LogP contribution in [0.5, 0.6) is 5.75 Å².